The van der Waals surface area contributed by atoms with E-state index in [0.717, 1.165) is 0 Å². The maximum atomic E-state index is 12.8. The molecule has 164 valence electrons. The van der Waals surface area contributed by atoms with Crippen LogP contribution in [0.4, 0.5) is 5.69 Å². The maximum absolute atomic E-state index is 12.8. The van der Waals surface area contributed by atoms with Crippen molar-refractivity contribution >= 4 is 57.7 Å². The van der Waals surface area contributed by atoms with Gasteiger partial charge in [-0.2, -0.15) is 0 Å². The molecule has 0 saturated carbocycles. The zero-order valence-electron chi connectivity index (χ0n) is 16.9. The number of carbonyl (C=O) groups excluding carboxylic acids is 3. The fraction of sp³-hybridized carbons (Fsp3) is 0.0435. The number of benzene rings is 2. The lowest BCUT2D eigenvalue weighted by Crippen LogP contribution is -2.53. The lowest BCUT2D eigenvalue weighted by Gasteiger charge is -2.27. The minimum absolute atomic E-state index is 0.00398. The number of non-ortho nitro benzene ring substituents is 1. The van der Waals surface area contributed by atoms with Crippen molar-refractivity contribution in [3.05, 3.63) is 93.8 Å². The molecule has 1 saturated heterocycles. The average molecular weight is 461 g/mol. The molecule has 0 bridgehead atoms. The molecule has 0 aliphatic carbocycles. The molecule has 0 radical (unpaired) electrons. The summed E-state index contributed by atoms with van der Waals surface area (Å²) in [5.74, 6) is -1.66. The van der Waals surface area contributed by atoms with E-state index in [0.29, 0.717) is 16.5 Å². The van der Waals surface area contributed by atoms with Crippen molar-refractivity contribution in [1.82, 2.24) is 10.2 Å². The van der Waals surface area contributed by atoms with Gasteiger partial charge in [-0.05, 0) is 42.1 Å². The minimum Gasteiger partial charge on any atom is -0.453 e. The summed E-state index contributed by atoms with van der Waals surface area (Å²) >= 11 is 5.03. The summed E-state index contributed by atoms with van der Waals surface area (Å²) in [5, 5.41) is 14.0. The Labute approximate surface area is 192 Å². The number of rotatable bonds is 6. The van der Waals surface area contributed by atoms with Crippen LogP contribution in [-0.2, 0) is 9.59 Å². The van der Waals surface area contributed by atoms with E-state index in [1.807, 2.05) is 0 Å². The molecular formula is C23H15N3O6S. The van der Waals surface area contributed by atoms with Crippen LogP contribution in [0, 0.1) is 10.1 Å². The van der Waals surface area contributed by atoms with Crippen molar-refractivity contribution < 1.29 is 23.7 Å². The zero-order chi connectivity index (χ0) is 23.7. The summed E-state index contributed by atoms with van der Waals surface area (Å²) in [6.07, 6.45) is 2.92. The van der Waals surface area contributed by atoms with Gasteiger partial charge in [-0.15, -0.1) is 6.58 Å². The Hall–Kier alpha value is -4.44. The highest BCUT2D eigenvalue weighted by atomic mass is 32.1. The highest BCUT2D eigenvalue weighted by molar-refractivity contribution is 7.80. The van der Waals surface area contributed by atoms with Gasteiger partial charge >= 0.3 is 0 Å². The summed E-state index contributed by atoms with van der Waals surface area (Å²) in [5.41, 5.74) is 0.753. The van der Waals surface area contributed by atoms with Crippen molar-refractivity contribution in [3.8, 4) is 0 Å². The Morgan fingerprint density at radius 2 is 2.00 bits per heavy atom. The maximum Gasteiger partial charge on any atom is 0.270 e. The van der Waals surface area contributed by atoms with E-state index >= 15 is 0 Å². The fourth-order valence-electron chi connectivity index (χ4n) is 3.32. The number of ketones is 1. The molecule has 1 aliphatic heterocycles. The first-order valence-corrected chi connectivity index (χ1v) is 10.0. The summed E-state index contributed by atoms with van der Waals surface area (Å²) in [6, 6.07) is 11.7. The third-order valence-electron chi connectivity index (χ3n) is 4.89. The number of amides is 2. The molecule has 1 N–H and O–H groups in total. The number of hydrogen-bond donors (Lipinski definition) is 1. The Bertz CT molecular complexity index is 1400. The minimum atomic E-state index is -0.612. The number of nitrogens with zero attached hydrogens (tertiary/aromatic N) is 2. The predicted molar refractivity (Wildman–Crippen MR) is 123 cm³/mol. The first-order chi connectivity index (χ1) is 15.8. The quantitative estimate of drug-likeness (QED) is 0.114. The van der Waals surface area contributed by atoms with Gasteiger partial charge in [-0.1, -0.05) is 24.3 Å². The van der Waals surface area contributed by atoms with Crippen LogP contribution < -0.4 is 5.32 Å². The second-order valence-electron chi connectivity index (χ2n) is 7.07. The van der Waals surface area contributed by atoms with Crippen LogP contribution in [0.2, 0.25) is 0 Å². The normalized spacial score (nSPS) is 15.1. The zero-order valence-corrected chi connectivity index (χ0v) is 17.8. The largest absolute Gasteiger partial charge is 0.453 e. The van der Waals surface area contributed by atoms with E-state index in [1.165, 1.54) is 47.4 Å². The molecule has 2 aromatic carbocycles. The number of furan rings is 1. The van der Waals surface area contributed by atoms with E-state index in [1.54, 1.807) is 18.2 Å². The lowest BCUT2D eigenvalue weighted by molar-refractivity contribution is -0.384. The van der Waals surface area contributed by atoms with Crippen molar-refractivity contribution in [1.29, 1.82) is 0 Å². The van der Waals surface area contributed by atoms with Crippen LogP contribution in [0.5, 0.6) is 0 Å². The smallest absolute Gasteiger partial charge is 0.270 e. The third-order valence-corrected chi connectivity index (χ3v) is 5.21. The molecule has 0 atom stereocenters. The van der Waals surface area contributed by atoms with Gasteiger partial charge < -0.3 is 4.42 Å². The van der Waals surface area contributed by atoms with E-state index in [-0.39, 0.29) is 34.2 Å². The monoisotopic (exact) mass is 461 g/mol. The molecule has 1 fully saturated rings. The SMILES string of the molecule is C=CCN1C(=O)C(=Cc2ccc3oc(C(=O)c4cccc([N+](=O)[O-])c4)cc3c2)C(=O)NC1=S. The molecule has 2 amide bonds. The molecule has 0 unspecified atom stereocenters. The van der Waals surface area contributed by atoms with Gasteiger partial charge in [-0.25, -0.2) is 0 Å². The highest BCUT2D eigenvalue weighted by Gasteiger charge is 2.32. The Morgan fingerprint density at radius 3 is 2.73 bits per heavy atom. The van der Waals surface area contributed by atoms with Crippen molar-refractivity contribution in [3.63, 3.8) is 0 Å². The topological polar surface area (TPSA) is 123 Å². The van der Waals surface area contributed by atoms with Gasteiger partial charge in [0, 0.05) is 29.6 Å². The Morgan fingerprint density at radius 1 is 1.21 bits per heavy atom. The summed E-state index contributed by atoms with van der Waals surface area (Å²) in [7, 11) is 0. The number of carbonyl (C=O) groups is 3. The van der Waals surface area contributed by atoms with Crippen LogP contribution in [0.15, 0.2) is 71.2 Å². The third kappa shape index (κ3) is 4.19. The average Bonchev–Trinajstić information content (AvgIpc) is 3.22. The first-order valence-electron chi connectivity index (χ1n) is 9.61. The number of fused-ring (bicyclic) bond motifs is 1. The molecule has 3 aromatic rings. The molecule has 2 heterocycles. The van der Waals surface area contributed by atoms with Crippen LogP contribution in [-0.4, -0.2) is 39.1 Å². The number of nitro benzene ring substituents is 1. The molecule has 4 rings (SSSR count). The van der Waals surface area contributed by atoms with Crippen LogP contribution in [0.25, 0.3) is 17.0 Å². The number of nitro groups is 1. The lowest BCUT2D eigenvalue weighted by atomic mass is 10.1. The molecule has 0 spiro atoms. The summed E-state index contributed by atoms with van der Waals surface area (Å²) in [4.78, 5) is 49.4. The second kappa shape index (κ2) is 8.60. The van der Waals surface area contributed by atoms with E-state index in [4.69, 9.17) is 16.6 Å². The number of nitrogens with one attached hydrogen (secondary N) is 1. The van der Waals surface area contributed by atoms with Crippen molar-refractivity contribution in [2.75, 3.05) is 6.54 Å². The van der Waals surface area contributed by atoms with Crippen LogP contribution in [0.3, 0.4) is 0 Å². The Kier molecular flexibility index (Phi) is 5.67. The van der Waals surface area contributed by atoms with Gasteiger partial charge in [0.15, 0.2) is 10.9 Å². The number of thiocarbonyl (C=S) groups is 1. The summed E-state index contributed by atoms with van der Waals surface area (Å²) in [6.45, 7) is 3.73. The molecular weight excluding hydrogens is 446 g/mol. The molecule has 1 aromatic heterocycles. The van der Waals surface area contributed by atoms with Crippen LogP contribution in [0.1, 0.15) is 21.7 Å². The van der Waals surface area contributed by atoms with E-state index in [2.05, 4.69) is 11.9 Å². The predicted octanol–water partition coefficient (Wildman–Crippen LogP) is 3.38. The van der Waals surface area contributed by atoms with Gasteiger partial charge in [-0.3, -0.25) is 34.7 Å². The van der Waals surface area contributed by atoms with Gasteiger partial charge in [0.25, 0.3) is 17.5 Å². The first kappa shape index (κ1) is 21.8. The number of hydrogen-bond acceptors (Lipinski definition) is 7. The van der Waals surface area contributed by atoms with Gasteiger partial charge in [0.1, 0.15) is 11.2 Å². The second-order valence-corrected chi connectivity index (χ2v) is 7.45. The van der Waals surface area contributed by atoms with Crippen molar-refractivity contribution in [2.24, 2.45) is 0 Å². The molecule has 10 heteroatoms. The standard InChI is InChI=1S/C23H15N3O6S/c1-2-8-25-22(29)17(21(28)24-23(25)33)10-13-6-7-18-15(9-13)12-19(32-18)20(27)14-4-3-5-16(11-14)26(30)31/h2-7,9-12H,1,8H2,(H,24,28,33). The molecule has 33 heavy (non-hydrogen) atoms. The van der Waals surface area contributed by atoms with Crippen molar-refractivity contribution in [2.45, 2.75) is 0 Å². The molecule has 9 nitrogen and oxygen atoms in total. The van der Waals surface area contributed by atoms with Gasteiger partial charge in [0.2, 0.25) is 5.78 Å². The van der Waals surface area contributed by atoms with Gasteiger partial charge in [0.05, 0.1) is 4.92 Å². The highest BCUT2D eigenvalue weighted by Crippen LogP contribution is 2.25. The van der Waals surface area contributed by atoms with E-state index < -0.39 is 22.5 Å². The fourth-order valence-corrected chi connectivity index (χ4v) is 3.57. The molecule has 1 aliphatic rings. The summed E-state index contributed by atoms with van der Waals surface area (Å²) < 4.78 is 5.61. The van der Waals surface area contributed by atoms with E-state index in [9.17, 15) is 24.5 Å². The Balaban J connectivity index is 1.66. The van der Waals surface area contributed by atoms with Crippen LogP contribution >= 0.6 is 12.2 Å².